The van der Waals surface area contributed by atoms with Gasteiger partial charge >= 0.3 is 5.91 Å². The average molecular weight is 545 g/mol. The molecular formula is C30H25FN2O5S. The van der Waals surface area contributed by atoms with Crippen LogP contribution >= 0.6 is 11.3 Å². The SMILES string of the molecule is C=CCOc1ccc(C2/C(=C(\O)c3ccc(OCCC)cc3)C(=O)C(=O)N2c2nc3ccc(F)cc3s2)cc1. The minimum absolute atomic E-state index is 0.0765. The fourth-order valence-electron chi connectivity index (χ4n) is 4.32. The Morgan fingerprint density at radius 2 is 1.77 bits per heavy atom. The first-order valence-corrected chi connectivity index (χ1v) is 13.2. The molecule has 7 nitrogen and oxygen atoms in total. The number of fused-ring (bicyclic) bond motifs is 1. The molecule has 9 heteroatoms. The van der Waals surface area contributed by atoms with Gasteiger partial charge in [-0.05, 0) is 66.6 Å². The number of rotatable bonds is 9. The number of hydrogen-bond donors (Lipinski definition) is 1. The average Bonchev–Trinajstić information content (AvgIpc) is 3.48. The third kappa shape index (κ3) is 5.13. The van der Waals surface area contributed by atoms with Crippen molar-refractivity contribution in [1.82, 2.24) is 4.98 Å². The molecule has 1 atom stereocenters. The van der Waals surface area contributed by atoms with Gasteiger partial charge in [0.05, 0.1) is 28.4 Å². The van der Waals surface area contributed by atoms with Gasteiger partial charge in [0.15, 0.2) is 5.13 Å². The number of anilines is 1. The number of halogens is 1. The molecule has 1 fully saturated rings. The Morgan fingerprint density at radius 1 is 1.08 bits per heavy atom. The van der Waals surface area contributed by atoms with Crippen LogP contribution < -0.4 is 14.4 Å². The second kappa shape index (κ2) is 11.1. The third-order valence-corrected chi connectivity index (χ3v) is 7.17. The van der Waals surface area contributed by atoms with E-state index in [2.05, 4.69) is 11.6 Å². The van der Waals surface area contributed by atoms with Gasteiger partial charge in [0.2, 0.25) is 0 Å². The van der Waals surface area contributed by atoms with E-state index < -0.39 is 23.5 Å². The minimum Gasteiger partial charge on any atom is -0.507 e. The monoisotopic (exact) mass is 544 g/mol. The molecule has 198 valence electrons. The van der Waals surface area contributed by atoms with Crippen molar-refractivity contribution < 1.29 is 28.6 Å². The molecule has 0 saturated carbocycles. The van der Waals surface area contributed by atoms with Gasteiger partial charge < -0.3 is 14.6 Å². The quantitative estimate of drug-likeness (QED) is 0.113. The number of hydrogen-bond acceptors (Lipinski definition) is 7. The smallest absolute Gasteiger partial charge is 0.301 e. The molecule has 1 aliphatic rings. The molecule has 1 N–H and O–H groups in total. The van der Waals surface area contributed by atoms with E-state index in [9.17, 15) is 19.1 Å². The summed E-state index contributed by atoms with van der Waals surface area (Å²) in [6.45, 7) is 6.51. The molecule has 1 amide bonds. The highest BCUT2D eigenvalue weighted by Crippen LogP contribution is 2.44. The van der Waals surface area contributed by atoms with Gasteiger partial charge in [0, 0.05) is 5.56 Å². The lowest BCUT2D eigenvalue weighted by Crippen LogP contribution is -2.29. The van der Waals surface area contributed by atoms with Gasteiger partial charge in [-0.15, -0.1) is 0 Å². The second-order valence-electron chi connectivity index (χ2n) is 8.82. The van der Waals surface area contributed by atoms with Crippen molar-refractivity contribution in [3.63, 3.8) is 0 Å². The normalized spacial score (nSPS) is 16.6. The van der Waals surface area contributed by atoms with Crippen LogP contribution in [-0.4, -0.2) is 35.0 Å². The molecule has 0 spiro atoms. The number of carbonyl (C=O) groups excluding carboxylic acids is 2. The number of Topliss-reactive ketones (excluding diaryl/α,β-unsaturated/α-hetero) is 1. The van der Waals surface area contributed by atoms with Gasteiger partial charge in [0.25, 0.3) is 5.78 Å². The number of aliphatic hydroxyl groups excluding tert-OH is 1. The highest BCUT2D eigenvalue weighted by Gasteiger charge is 2.48. The lowest BCUT2D eigenvalue weighted by atomic mass is 9.95. The number of benzene rings is 3. The fourth-order valence-corrected chi connectivity index (χ4v) is 5.34. The lowest BCUT2D eigenvalue weighted by molar-refractivity contribution is -0.132. The van der Waals surface area contributed by atoms with Crippen molar-refractivity contribution in [3.05, 3.63) is 102 Å². The number of aromatic nitrogens is 1. The Labute approximate surface area is 228 Å². The Bertz CT molecular complexity index is 1580. The highest BCUT2D eigenvalue weighted by atomic mass is 32.1. The summed E-state index contributed by atoms with van der Waals surface area (Å²) < 4.78 is 25.6. The van der Waals surface area contributed by atoms with Gasteiger partial charge in [0.1, 0.15) is 29.7 Å². The van der Waals surface area contributed by atoms with Crippen LogP contribution in [0.15, 0.2) is 85.0 Å². The van der Waals surface area contributed by atoms with Crippen LogP contribution in [0.4, 0.5) is 9.52 Å². The number of thiazole rings is 1. The van der Waals surface area contributed by atoms with E-state index >= 15 is 0 Å². The van der Waals surface area contributed by atoms with Crippen LogP contribution in [0.5, 0.6) is 11.5 Å². The third-order valence-electron chi connectivity index (χ3n) is 6.15. The molecule has 1 unspecified atom stereocenters. The summed E-state index contributed by atoms with van der Waals surface area (Å²) in [5.41, 5.74) is 1.34. The molecular weight excluding hydrogens is 519 g/mol. The van der Waals surface area contributed by atoms with Crippen molar-refractivity contribution in [3.8, 4) is 11.5 Å². The van der Waals surface area contributed by atoms with Crippen LogP contribution in [0.2, 0.25) is 0 Å². The van der Waals surface area contributed by atoms with E-state index in [1.165, 1.54) is 23.1 Å². The Hall–Kier alpha value is -4.50. The Balaban J connectivity index is 1.62. The Kier molecular flexibility index (Phi) is 7.42. The van der Waals surface area contributed by atoms with E-state index in [4.69, 9.17) is 9.47 Å². The van der Waals surface area contributed by atoms with Crippen LogP contribution in [0, 0.1) is 5.82 Å². The van der Waals surface area contributed by atoms with E-state index in [0.29, 0.717) is 46.1 Å². The van der Waals surface area contributed by atoms with Crippen molar-refractivity contribution in [2.45, 2.75) is 19.4 Å². The zero-order chi connectivity index (χ0) is 27.5. The topological polar surface area (TPSA) is 89.0 Å². The van der Waals surface area contributed by atoms with Crippen molar-refractivity contribution in [2.75, 3.05) is 18.1 Å². The molecule has 1 aromatic heterocycles. The highest BCUT2D eigenvalue weighted by molar-refractivity contribution is 7.22. The first-order valence-electron chi connectivity index (χ1n) is 12.3. The molecule has 39 heavy (non-hydrogen) atoms. The van der Waals surface area contributed by atoms with Gasteiger partial charge in [-0.3, -0.25) is 14.5 Å². The predicted molar refractivity (Wildman–Crippen MR) is 149 cm³/mol. The molecule has 2 heterocycles. The lowest BCUT2D eigenvalue weighted by Gasteiger charge is -2.23. The molecule has 0 aliphatic carbocycles. The van der Waals surface area contributed by atoms with Crippen molar-refractivity contribution in [1.29, 1.82) is 0 Å². The number of ether oxygens (including phenoxy) is 2. The Morgan fingerprint density at radius 3 is 2.46 bits per heavy atom. The summed E-state index contributed by atoms with van der Waals surface area (Å²) >= 11 is 1.09. The van der Waals surface area contributed by atoms with Crippen LogP contribution in [0.25, 0.3) is 16.0 Å². The molecule has 3 aromatic carbocycles. The van der Waals surface area contributed by atoms with E-state index in [-0.39, 0.29) is 16.5 Å². The zero-order valence-corrected chi connectivity index (χ0v) is 21.9. The molecule has 4 aromatic rings. The zero-order valence-electron chi connectivity index (χ0n) is 21.1. The molecule has 1 aliphatic heterocycles. The molecule has 1 saturated heterocycles. The maximum Gasteiger partial charge on any atom is 0.301 e. The van der Waals surface area contributed by atoms with E-state index in [1.807, 2.05) is 6.92 Å². The van der Waals surface area contributed by atoms with Crippen LogP contribution in [0.1, 0.15) is 30.5 Å². The summed E-state index contributed by atoms with van der Waals surface area (Å²) in [5.74, 6) is -1.23. The molecule has 0 radical (unpaired) electrons. The molecule has 0 bridgehead atoms. The summed E-state index contributed by atoms with van der Waals surface area (Å²) in [6, 6.07) is 16.7. The largest absolute Gasteiger partial charge is 0.507 e. The summed E-state index contributed by atoms with van der Waals surface area (Å²) in [7, 11) is 0. The second-order valence-corrected chi connectivity index (χ2v) is 9.83. The van der Waals surface area contributed by atoms with E-state index in [1.54, 1.807) is 54.6 Å². The number of carbonyl (C=O) groups is 2. The maximum atomic E-state index is 13.9. The van der Waals surface area contributed by atoms with Gasteiger partial charge in [-0.2, -0.15) is 0 Å². The number of ketones is 1. The van der Waals surface area contributed by atoms with Gasteiger partial charge in [-0.25, -0.2) is 9.37 Å². The number of aliphatic hydroxyl groups is 1. The predicted octanol–water partition coefficient (Wildman–Crippen LogP) is 6.42. The molecule has 5 rings (SSSR count). The number of amides is 1. The van der Waals surface area contributed by atoms with E-state index in [0.717, 1.165) is 17.8 Å². The maximum absolute atomic E-state index is 13.9. The van der Waals surface area contributed by atoms with Crippen LogP contribution in [-0.2, 0) is 9.59 Å². The first kappa shape index (κ1) is 26.1. The summed E-state index contributed by atoms with van der Waals surface area (Å²) in [4.78, 5) is 32.6. The standard InChI is InChI=1S/C30H25FN2O5S/c1-3-15-37-21-10-5-18(6-11-21)26-25(27(34)19-7-12-22(13-8-19)38-16-4-2)28(35)29(36)33(26)30-32-23-14-9-20(31)17-24(23)39-30/h3,5-14,17,26,34H,1,4,15-16H2,2H3/b27-25+. The summed E-state index contributed by atoms with van der Waals surface area (Å²) in [5, 5.41) is 11.6. The minimum atomic E-state index is -0.972. The van der Waals surface area contributed by atoms with Crippen molar-refractivity contribution in [2.24, 2.45) is 0 Å². The van der Waals surface area contributed by atoms with Gasteiger partial charge in [-0.1, -0.05) is 43.0 Å². The van der Waals surface area contributed by atoms with Crippen molar-refractivity contribution >= 4 is 44.1 Å². The first-order chi connectivity index (χ1) is 18.9. The number of nitrogens with zero attached hydrogens (tertiary/aromatic N) is 2. The fraction of sp³-hybridized carbons (Fsp3) is 0.167. The summed E-state index contributed by atoms with van der Waals surface area (Å²) in [6.07, 6.45) is 2.47. The van der Waals surface area contributed by atoms with Crippen LogP contribution in [0.3, 0.4) is 0 Å².